The van der Waals surface area contributed by atoms with E-state index in [-0.39, 0.29) is 52.8 Å². The van der Waals surface area contributed by atoms with Crippen LogP contribution in [-0.2, 0) is 16.1 Å². The zero-order valence-corrected chi connectivity index (χ0v) is 17.3. The zero-order chi connectivity index (χ0) is 21.9. The highest BCUT2D eigenvalue weighted by Crippen LogP contribution is 2.29. The summed E-state index contributed by atoms with van der Waals surface area (Å²) in [4.78, 5) is 41.6. The molecule has 0 aliphatic carbocycles. The largest absolute Gasteiger partial charge is 0.869 e. The van der Waals surface area contributed by atoms with Gasteiger partial charge in [0, 0.05) is 24.2 Å². The summed E-state index contributed by atoms with van der Waals surface area (Å²) in [6, 6.07) is 1.83. The zero-order valence-electron chi connectivity index (χ0n) is 17.3. The van der Waals surface area contributed by atoms with Crippen molar-refractivity contribution in [2.75, 3.05) is 6.54 Å². The molecule has 0 saturated carbocycles. The minimum atomic E-state index is -0.631. The average Bonchev–Trinajstić information content (AvgIpc) is 2.68. The number of likely N-dealkylation sites (N-methyl/N-ethyl adjacent to an activating group) is 1. The molecule has 0 radical (unpaired) electrons. The van der Waals surface area contributed by atoms with Crippen molar-refractivity contribution in [1.82, 2.24) is 15.6 Å². The normalized spacial score (nSPS) is 15.4. The smallest absolute Gasteiger partial charge is 0.271 e. The molecule has 1 aliphatic rings. The number of hydrogen-bond donors (Lipinski definition) is 1. The highest BCUT2D eigenvalue weighted by atomic mass is 16.3. The minimum absolute atomic E-state index is 0. The van der Waals surface area contributed by atoms with Crippen LogP contribution in [0.5, 0.6) is 5.88 Å². The number of rotatable bonds is 4. The minimum Gasteiger partial charge on any atom is -0.869 e. The SMILES string of the molecule is N.[C-]#[N+]c1c(C)c(/C=C/C=C2\C(=O)N(CC)C(=O)C(C#N)=C2C)c(=O)n(CC)c1[O-]. The molecule has 0 spiro atoms. The fraction of sp³-hybridized carbons (Fsp3) is 0.286. The second kappa shape index (κ2) is 9.50. The number of imide groups is 1. The molecule has 3 N–H and O–H groups in total. The fourth-order valence-corrected chi connectivity index (χ4v) is 3.11. The Morgan fingerprint density at radius 2 is 1.80 bits per heavy atom. The molecule has 2 amide bonds. The molecule has 9 nitrogen and oxygen atoms in total. The van der Waals surface area contributed by atoms with E-state index < -0.39 is 23.3 Å². The topological polar surface area (TPSA) is 146 Å². The maximum atomic E-state index is 12.6. The van der Waals surface area contributed by atoms with Crippen molar-refractivity contribution in [3.63, 3.8) is 0 Å². The molecule has 1 aromatic heterocycles. The molecule has 1 aromatic rings. The summed E-state index contributed by atoms with van der Waals surface area (Å²) in [6.07, 6.45) is 4.28. The van der Waals surface area contributed by atoms with Crippen molar-refractivity contribution >= 4 is 23.6 Å². The van der Waals surface area contributed by atoms with E-state index in [2.05, 4.69) is 4.85 Å². The van der Waals surface area contributed by atoms with Gasteiger partial charge in [0.1, 0.15) is 11.6 Å². The van der Waals surface area contributed by atoms with Crippen LogP contribution in [0.25, 0.3) is 10.9 Å². The van der Waals surface area contributed by atoms with Crippen LogP contribution < -0.4 is 16.8 Å². The van der Waals surface area contributed by atoms with Crippen LogP contribution in [0.1, 0.15) is 31.9 Å². The van der Waals surface area contributed by atoms with Crippen LogP contribution in [0.3, 0.4) is 0 Å². The summed E-state index contributed by atoms with van der Waals surface area (Å²) < 4.78 is 0.982. The Labute approximate surface area is 174 Å². The maximum absolute atomic E-state index is 12.6. The van der Waals surface area contributed by atoms with Crippen LogP contribution in [0, 0.1) is 24.8 Å². The van der Waals surface area contributed by atoms with E-state index >= 15 is 0 Å². The van der Waals surface area contributed by atoms with Crippen LogP contribution in [0.4, 0.5) is 5.69 Å². The Balaban J connectivity index is 0.00000450. The van der Waals surface area contributed by atoms with Gasteiger partial charge in [-0.15, -0.1) is 0 Å². The second-order valence-electron chi connectivity index (χ2n) is 6.26. The highest BCUT2D eigenvalue weighted by Gasteiger charge is 2.33. The van der Waals surface area contributed by atoms with Gasteiger partial charge in [0.2, 0.25) is 0 Å². The third-order valence-electron chi connectivity index (χ3n) is 4.78. The molecule has 1 aliphatic heterocycles. The van der Waals surface area contributed by atoms with Gasteiger partial charge in [0.05, 0.1) is 6.57 Å². The number of allylic oxidation sites excluding steroid dienone is 2. The molecule has 0 saturated heterocycles. The van der Waals surface area contributed by atoms with E-state index in [0.717, 1.165) is 9.47 Å². The molecule has 156 valence electrons. The van der Waals surface area contributed by atoms with Crippen LogP contribution >= 0.6 is 0 Å². The fourth-order valence-electron chi connectivity index (χ4n) is 3.11. The van der Waals surface area contributed by atoms with Crippen LogP contribution in [0.2, 0.25) is 0 Å². The summed E-state index contributed by atoms with van der Waals surface area (Å²) in [5.41, 5.74) is 0.0970. The average molecular weight is 408 g/mol. The van der Waals surface area contributed by atoms with Gasteiger partial charge in [-0.25, -0.2) is 4.85 Å². The number of carbonyl (C=O) groups excluding carboxylic acids is 2. The first-order valence-electron chi connectivity index (χ1n) is 8.92. The van der Waals surface area contributed by atoms with Gasteiger partial charge in [-0.05, 0) is 50.8 Å². The molecule has 0 fully saturated rings. The molecule has 2 heterocycles. The molecule has 0 atom stereocenters. The molecular weight excluding hydrogens is 386 g/mol. The molecule has 0 bridgehead atoms. The van der Waals surface area contributed by atoms with E-state index in [0.29, 0.717) is 0 Å². The van der Waals surface area contributed by atoms with Crippen molar-refractivity contribution in [1.29, 1.82) is 5.26 Å². The number of carbonyl (C=O) groups is 2. The van der Waals surface area contributed by atoms with Crippen molar-refractivity contribution in [3.05, 3.63) is 61.8 Å². The maximum Gasteiger partial charge on any atom is 0.271 e. The predicted molar refractivity (Wildman–Crippen MR) is 110 cm³/mol. The summed E-state index contributed by atoms with van der Waals surface area (Å²) in [6.45, 7) is 13.8. The van der Waals surface area contributed by atoms with Crippen molar-refractivity contribution in [2.24, 2.45) is 0 Å². The van der Waals surface area contributed by atoms with E-state index in [1.54, 1.807) is 13.8 Å². The van der Waals surface area contributed by atoms with Gasteiger partial charge in [-0.3, -0.25) is 19.3 Å². The summed E-state index contributed by atoms with van der Waals surface area (Å²) in [7, 11) is 0. The summed E-state index contributed by atoms with van der Waals surface area (Å²) >= 11 is 0. The number of pyridine rings is 1. The van der Waals surface area contributed by atoms with E-state index in [1.165, 1.54) is 32.1 Å². The molecule has 0 unspecified atom stereocenters. The van der Waals surface area contributed by atoms with Gasteiger partial charge in [0.25, 0.3) is 17.4 Å². The number of hydrogen-bond acceptors (Lipinski definition) is 6. The van der Waals surface area contributed by atoms with E-state index in [4.69, 9.17) is 6.57 Å². The predicted octanol–water partition coefficient (Wildman–Crippen LogP) is 2.13. The lowest BCUT2D eigenvalue weighted by atomic mass is 9.95. The Hall–Kier alpha value is -3.95. The van der Waals surface area contributed by atoms with E-state index in [9.17, 15) is 24.8 Å². The number of aromatic nitrogens is 1. The lowest BCUT2D eigenvalue weighted by Gasteiger charge is -2.25. The molecule has 9 heteroatoms. The first-order chi connectivity index (χ1) is 13.7. The van der Waals surface area contributed by atoms with Crippen molar-refractivity contribution < 1.29 is 14.7 Å². The number of nitriles is 1. The lowest BCUT2D eigenvalue weighted by molar-refractivity contribution is -0.278. The van der Waals surface area contributed by atoms with Crippen LogP contribution in [-0.4, -0.2) is 27.8 Å². The third kappa shape index (κ3) is 3.79. The van der Waals surface area contributed by atoms with Gasteiger partial charge < -0.3 is 15.8 Å². The number of amides is 2. The van der Waals surface area contributed by atoms with E-state index in [1.807, 2.05) is 6.07 Å². The monoisotopic (exact) mass is 408 g/mol. The Bertz CT molecular complexity index is 1140. The quantitative estimate of drug-likeness (QED) is 0.459. The molecule has 30 heavy (non-hydrogen) atoms. The Kier molecular flexibility index (Phi) is 7.63. The Morgan fingerprint density at radius 3 is 2.30 bits per heavy atom. The lowest BCUT2D eigenvalue weighted by Crippen LogP contribution is -2.42. The van der Waals surface area contributed by atoms with Gasteiger partial charge in [-0.2, -0.15) is 5.26 Å². The highest BCUT2D eigenvalue weighted by molar-refractivity contribution is 6.18. The van der Waals surface area contributed by atoms with Gasteiger partial charge in [0.15, 0.2) is 5.69 Å². The molecular formula is C21H22N5O4-. The van der Waals surface area contributed by atoms with Gasteiger partial charge >= 0.3 is 0 Å². The first kappa shape index (κ1) is 24.1. The molecule has 2 rings (SSSR count). The van der Waals surface area contributed by atoms with Crippen molar-refractivity contribution in [2.45, 2.75) is 34.2 Å². The van der Waals surface area contributed by atoms with Crippen LogP contribution in [0.15, 0.2) is 33.7 Å². The van der Waals surface area contributed by atoms with Crippen molar-refractivity contribution in [3.8, 4) is 11.9 Å². The Morgan fingerprint density at radius 1 is 1.17 bits per heavy atom. The number of nitrogens with zero attached hydrogens (tertiary/aromatic N) is 4. The first-order valence-corrected chi connectivity index (χ1v) is 8.92. The third-order valence-corrected chi connectivity index (χ3v) is 4.78. The van der Waals surface area contributed by atoms with Gasteiger partial charge in [-0.1, -0.05) is 12.2 Å². The second-order valence-corrected chi connectivity index (χ2v) is 6.26. The molecule has 0 aromatic carbocycles. The summed E-state index contributed by atoms with van der Waals surface area (Å²) in [5, 5.41) is 21.4. The summed E-state index contributed by atoms with van der Waals surface area (Å²) in [5.74, 6) is -1.79. The standard InChI is InChI=1S/C21H20N4O4.H3N/c1-6-24-18(26)14(12(3)16(11-22)20(24)28)9-8-10-15-13(4)17(23-5)21(29)25(7-2)19(15)27;/h8-10,29H,6-7H2,1-4H3;1H3/p-1/b10-8+,14-9-;.